The maximum atomic E-state index is 5.13. The molecule has 0 fully saturated rings. The third kappa shape index (κ3) is 2.76. The van der Waals surface area contributed by atoms with Gasteiger partial charge in [0.1, 0.15) is 0 Å². The van der Waals surface area contributed by atoms with Crippen molar-refractivity contribution in [3.63, 3.8) is 0 Å². The Kier molecular flexibility index (Phi) is 2.70. The third-order valence-corrected chi connectivity index (χ3v) is 1.30. The van der Waals surface area contributed by atoms with Crippen LogP contribution in [0.5, 0.6) is 0 Å². The van der Waals surface area contributed by atoms with Gasteiger partial charge in [0.25, 0.3) is 0 Å². The van der Waals surface area contributed by atoms with E-state index < -0.39 is 0 Å². The van der Waals surface area contributed by atoms with E-state index in [4.69, 9.17) is 4.84 Å². The molecular weight excluding hydrogens is 142 g/mol. The molecule has 0 amide bonds. The fourth-order valence-corrected chi connectivity index (χ4v) is 0.788. The molecule has 4 heteroatoms. The van der Waals surface area contributed by atoms with Crippen LogP contribution >= 0.6 is 0 Å². The normalized spacial score (nSPS) is 23.3. The first-order valence-electron chi connectivity index (χ1n) is 3.91. The molecule has 0 spiro atoms. The Hall–Kier alpha value is -0.770. The summed E-state index contributed by atoms with van der Waals surface area (Å²) in [6, 6.07) is 0.424. The van der Waals surface area contributed by atoms with Gasteiger partial charge in [-0.05, 0) is 20.8 Å². The van der Waals surface area contributed by atoms with E-state index >= 15 is 0 Å². The van der Waals surface area contributed by atoms with Gasteiger partial charge in [-0.25, -0.2) is 10.5 Å². The smallest absolute Gasteiger partial charge is 0.216 e. The molecule has 0 saturated heterocycles. The largest absolute Gasteiger partial charge is 0.350 e. The van der Waals surface area contributed by atoms with Crippen LogP contribution in [0.2, 0.25) is 0 Å². The van der Waals surface area contributed by atoms with E-state index in [0.29, 0.717) is 6.04 Å². The Morgan fingerprint density at radius 3 is 2.91 bits per heavy atom. The standard InChI is InChI=1S/C7H15N3O/c1-5(2)11-10-7-8-4-6(3)9-7/h5-6H,4H2,1-3H3,(H2,8,9,10). The van der Waals surface area contributed by atoms with Gasteiger partial charge >= 0.3 is 0 Å². The van der Waals surface area contributed by atoms with Crippen LogP contribution in [0, 0.1) is 0 Å². The number of guanidine groups is 1. The monoisotopic (exact) mass is 157 g/mol. The number of rotatable bonds is 2. The zero-order chi connectivity index (χ0) is 8.27. The summed E-state index contributed by atoms with van der Waals surface area (Å²) in [6.45, 7) is 6.83. The number of hydrogen-bond acceptors (Lipinski definition) is 4. The molecule has 0 radical (unpaired) electrons. The van der Waals surface area contributed by atoms with Crippen LogP contribution in [-0.2, 0) is 4.84 Å². The zero-order valence-electron chi connectivity index (χ0n) is 7.22. The Bertz CT molecular complexity index is 156. The number of aliphatic imine (C=N–C) groups is 1. The maximum absolute atomic E-state index is 5.13. The van der Waals surface area contributed by atoms with E-state index in [1.54, 1.807) is 0 Å². The van der Waals surface area contributed by atoms with Gasteiger partial charge in [0.2, 0.25) is 5.96 Å². The van der Waals surface area contributed by atoms with Crippen molar-refractivity contribution in [3.8, 4) is 0 Å². The van der Waals surface area contributed by atoms with Gasteiger partial charge in [-0.3, -0.25) is 4.84 Å². The van der Waals surface area contributed by atoms with Gasteiger partial charge in [0.15, 0.2) is 0 Å². The van der Waals surface area contributed by atoms with Crippen LogP contribution in [0.1, 0.15) is 20.8 Å². The first-order chi connectivity index (χ1) is 5.18. The zero-order valence-corrected chi connectivity index (χ0v) is 7.22. The molecule has 64 valence electrons. The first kappa shape index (κ1) is 8.33. The summed E-state index contributed by atoms with van der Waals surface area (Å²) >= 11 is 0. The predicted molar refractivity (Wildman–Crippen MR) is 44.3 cm³/mol. The molecule has 0 aromatic heterocycles. The van der Waals surface area contributed by atoms with E-state index in [0.717, 1.165) is 12.5 Å². The highest BCUT2D eigenvalue weighted by atomic mass is 16.7. The Balaban J connectivity index is 2.18. The minimum absolute atomic E-state index is 0.176. The minimum atomic E-state index is 0.176. The summed E-state index contributed by atoms with van der Waals surface area (Å²) in [5.41, 5.74) is 2.75. The van der Waals surface area contributed by atoms with Gasteiger partial charge in [-0.15, -0.1) is 0 Å². The van der Waals surface area contributed by atoms with Crippen LogP contribution in [0.3, 0.4) is 0 Å². The SMILES string of the molecule is CC1CN=C(NOC(C)C)N1. The van der Waals surface area contributed by atoms with Crippen molar-refractivity contribution in [2.24, 2.45) is 4.99 Å². The van der Waals surface area contributed by atoms with E-state index in [1.165, 1.54) is 0 Å². The lowest BCUT2D eigenvalue weighted by molar-refractivity contribution is 0.0315. The van der Waals surface area contributed by atoms with Crippen molar-refractivity contribution in [2.45, 2.75) is 32.9 Å². The Morgan fingerprint density at radius 2 is 2.45 bits per heavy atom. The second-order valence-electron chi connectivity index (χ2n) is 3.00. The third-order valence-electron chi connectivity index (χ3n) is 1.30. The molecule has 2 N–H and O–H groups in total. The topological polar surface area (TPSA) is 45.7 Å². The minimum Gasteiger partial charge on any atom is -0.350 e. The number of hydrogen-bond donors (Lipinski definition) is 2. The summed E-state index contributed by atoms with van der Waals surface area (Å²) in [4.78, 5) is 9.29. The Labute approximate surface area is 67.0 Å². The highest BCUT2D eigenvalue weighted by Gasteiger charge is 2.11. The molecule has 0 aromatic rings. The van der Waals surface area contributed by atoms with Gasteiger partial charge in [-0.1, -0.05) is 0 Å². The maximum Gasteiger partial charge on any atom is 0.216 e. The van der Waals surface area contributed by atoms with E-state index in [2.05, 4.69) is 22.7 Å². The van der Waals surface area contributed by atoms with Crippen LogP contribution < -0.4 is 10.8 Å². The molecule has 4 nitrogen and oxygen atoms in total. The summed E-state index contributed by atoms with van der Waals surface area (Å²) in [5.74, 6) is 0.742. The highest BCUT2D eigenvalue weighted by molar-refractivity contribution is 5.80. The molecule has 1 aliphatic rings. The van der Waals surface area contributed by atoms with Gasteiger partial charge in [0, 0.05) is 6.04 Å². The van der Waals surface area contributed by atoms with E-state index in [-0.39, 0.29) is 6.10 Å². The molecule has 1 unspecified atom stereocenters. The van der Waals surface area contributed by atoms with Crippen LogP contribution in [0.4, 0.5) is 0 Å². The predicted octanol–water partition coefficient (Wildman–Crippen LogP) is 0.264. The molecule has 1 aliphatic heterocycles. The van der Waals surface area contributed by atoms with E-state index in [9.17, 15) is 0 Å². The number of hydroxylamine groups is 1. The van der Waals surface area contributed by atoms with Crippen molar-refractivity contribution >= 4 is 5.96 Å². The fraction of sp³-hybridized carbons (Fsp3) is 0.857. The summed E-state index contributed by atoms with van der Waals surface area (Å²) in [6.07, 6.45) is 0.176. The second-order valence-corrected chi connectivity index (χ2v) is 3.00. The highest BCUT2D eigenvalue weighted by Crippen LogP contribution is 1.92. The van der Waals surface area contributed by atoms with E-state index in [1.807, 2.05) is 13.8 Å². The first-order valence-corrected chi connectivity index (χ1v) is 3.91. The molecule has 1 heterocycles. The van der Waals surface area contributed by atoms with Crippen molar-refractivity contribution in [3.05, 3.63) is 0 Å². The molecule has 0 aromatic carbocycles. The van der Waals surface area contributed by atoms with Crippen molar-refractivity contribution in [1.82, 2.24) is 10.8 Å². The summed E-state index contributed by atoms with van der Waals surface area (Å²) in [5, 5.41) is 3.12. The second kappa shape index (κ2) is 3.57. The molecule has 1 atom stereocenters. The average Bonchev–Trinajstić information content (AvgIpc) is 2.31. The van der Waals surface area contributed by atoms with Crippen molar-refractivity contribution in [2.75, 3.05) is 6.54 Å². The molecule has 0 saturated carbocycles. The van der Waals surface area contributed by atoms with Gasteiger partial charge < -0.3 is 5.32 Å². The fourth-order valence-electron chi connectivity index (χ4n) is 0.788. The van der Waals surface area contributed by atoms with Crippen LogP contribution in [-0.4, -0.2) is 24.7 Å². The summed E-state index contributed by atoms with van der Waals surface area (Å²) < 4.78 is 0. The quantitative estimate of drug-likeness (QED) is 0.565. The van der Waals surface area contributed by atoms with Gasteiger partial charge in [0.05, 0.1) is 12.6 Å². The summed E-state index contributed by atoms with van der Waals surface area (Å²) in [7, 11) is 0. The van der Waals surface area contributed by atoms with Crippen LogP contribution in [0.25, 0.3) is 0 Å². The molecule has 0 aliphatic carbocycles. The van der Waals surface area contributed by atoms with Gasteiger partial charge in [-0.2, -0.15) is 0 Å². The number of nitrogens with zero attached hydrogens (tertiary/aromatic N) is 1. The number of nitrogens with one attached hydrogen (secondary N) is 2. The average molecular weight is 157 g/mol. The molecular formula is C7H15N3O. The molecule has 11 heavy (non-hydrogen) atoms. The lowest BCUT2D eigenvalue weighted by Crippen LogP contribution is -2.38. The lowest BCUT2D eigenvalue weighted by atomic mass is 10.4. The Morgan fingerprint density at radius 1 is 1.73 bits per heavy atom. The molecule has 0 bridgehead atoms. The molecule has 1 rings (SSSR count). The van der Waals surface area contributed by atoms with Crippen molar-refractivity contribution < 1.29 is 4.84 Å². The lowest BCUT2D eigenvalue weighted by Gasteiger charge is -2.10. The van der Waals surface area contributed by atoms with Crippen LogP contribution in [0.15, 0.2) is 4.99 Å². The van der Waals surface area contributed by atoms with Crippen molar-refractivity contribution in [1.29, 1.82) is 0 Å².